The van der Waals surface area contributed by atoms with Crippen LogP contribution in [0.5, 0.6) is 0 Å². The number of pyridine rings is 1. The van der Waals surface area contributed by atoms with Gasteiger partial charge in [0, 0.05) is 25.2 Å². The number of nitrogens with one attached hydrogen (secondary N) is 2. The Morgan fingerprint density at radius 1 is 1.23 bits per heavy atom. The minimum atomic E-state index is -0.304. The third-order valence-corrected chi connectivity index (χ3v) is 4.53. The van der Waals surface area contributed by atoms with Gasteiger partial charge in [0.05, 0.1) is 17.4 Å². The predicted molar refractivity (Wildman–Crippen MR) is 101 cm³/mol. The molecular formula is C20H24N4O2. The molecule has 2 N–H and O–H groups in total. The molecular weight excluding hydrogens is 328 g/mol. The monoisotopic (exact) mass is 352 g/mol. The molecule has 1 fully saturated rings. The third kappa shape index (κ3) is 4.20. The van der Waals surface area contributed by atoms with Gasteiger partial charge in [-0.05, 0) is 38.0 Å². The fourth-order valence-electron chi connectivity index (χ4n) is 3.37. The van der Waals surface area contributed by atoms with E-state index in [0.29, 0.717) is 19.5 Å². The number of nitrogens with zero attached hydrogens (tertiary/aromatic N) is 2. The first-order valence-corrected chi connectivity index (χ1v) is 8.76. The zero-order chi connectivity index (χ0) is 18.7. The van der Waals surface area contributed by atoms with Crippen molar-refractivity contribution in [2.24, 2.45) is 0 Å². The Labute approximate surface area is 153 Å². The second-order valence-electron chi connectivity index (χ2n) is 6.80. The topological polar surface area (TPSA) is 74.3 Å². The molecule has 3 amide bonds. The van der Waals surface area contributed by atoms with Crippen molar-refractivity contribution >= 4 is 17.6 Å². The average molecular weight is 352 g/mol. The molecule has 2 aromatic rings. The number of aryl methyl sites for hydroxylation is 3. The van der Waals surface area contributed by atoms with Crippen molar-refractivity contribution in [3.05, 3.63) is 58.9 Å². The molecule has 6 heteroatoms. The molecule has 0 spiro atoms. The van der Waals surface area contributed by atoms with Gasteiger partial charge in [-0.25, -0.2) is 4.79 Å². The molecule has 0 bridgehead atoms. The van der Waals surface area contributed by atoms with Crippen LogP contribution in [-0.4, -0.2) is 34.4 Å². The van der Waals surface area contributed by atoms with E-state index in [1.54, 1.807) is 4.90 Å². The van der Waals surface area contributed by atoms with E-state index in [1.165, 1.54) is 0 Å². The highest BCUT2D eigenvalue weighted by atomic mass is 16.2. The summed E-state index contributed by atoms with van der Waals surface area (Å²) in [4.78, 5) is 30.7. The van der Waals surface area contributed by atoms with Crippen LogP contribution in [0.25, 0.3) is 0 Å². The Bertz CT molecular complexity index is 797. The molecule has 0 radical (unpaired) electrons. The van der Waals surface area contributed by atoms with Gasteiger partial charge in [0.1, 0.15) is 0 Å². The van der Waals surface area contributed by atoms with E-state index in [1.807, 2.05) is 57.2 Å². The van der Waals surface area contributed by atoms with E-state index in [0.717, 1.165) is 28.2 Å². The van der Waals surface area contributed by atoms with E-state index in [4.69, 9.17) is 0 Å². The third-order valence-electron chi connectivity index (χ3n) is 4.53. The molecule has 1 atom stereocenters. The van der Waals surface area contributed by atoms with Crippen LogP contribution in [0.4, 0.5) is 10.5 Å². The number of amides is 3. The second-order valence-corrected chi connectivity index (χ2v) is 6.80. The fraction of sp³-hybridized carbons (Fsp3) is 0.350. The number of rotatable bonds is 4. The predicted octanol–water partition coefficient (Wildman–Crippen LogP) is 2.93. The number of anilines is 1. The van der Waals surface area contributed by atoms with E-state index < -0.39 is 0 Å². The van der Waals surface area contributed by atoms with Crippen molar-refractivity contribution in [2.45, 2.75) is 39.8 Å². The minimum Gasteiger partial charge on any atom is -0.336 e. The van der Waals surface area contributed by atoms with Crippen LogP contribution >= 0.6 is 0 Å². The Morgan fingerprint density at radius 2 is 1.96 bits per heavy atom. The molecule has 0 saturated carbocycles. The summed E-state index contributed by atoms with van der Waals surface area (Å²) in [7, 11) is 0. The second kappa shape index (κ2) is 7.56. The maximum atomic E-state index is 12.3. The number of urea groups is 1. The smallest absolute Gasteiger partial charge is 0.319 e. The number of hydrogen-bond donors (Lipinski definition) is 2. The van der Waals surface area contributed by atoms with E-state index in [2.05, 4.69) is 15.6 Å². The minimum absolute atomic E-state index is 0.0588. The molecule has 0 aliphatic carbocycles. The molecule has 6 nitrogen and oxygen atoms in total. The zero-order valence-electron chi connectivity index (χ0n) is 15.4. The van der Waals surface area contributed by atoms with Gasteiger partial charge in [0.25, 0.3) is 0 Å². The van der Waals surface area contributed by atoms with Crippen LogP contribution in [-0.2, 0) is 11.3 Å². The van der Waals surface area contributed by atoms with Gasteiger partial charge in [0.2, 0.25) is 5.91 Å². The highest BCUT2D eigenvalue weighted by Crippen LogP contribution is 2.20. The molecule has 3 rings (SSSR count). The number of hydrogen-bond acceptors (Lipinski definition) is 3. The molecule has 1 saturated heterocycles. The quantitative estimate of drug-likeness (QED) is 0.888. The Morgan fingerprint density at radius 3 is 2.65 bits per heavy atom. The largest absolute Gasteiger partial charge is 0.336 e. The van der Waals surface area contributed by atoms with Crippen LogP contribution in [0, 0.1) is 20.8 Å². The number of benzene rings is 1. The standard InChI is InChI=1S/C20H24N4O2/c1-13-9-14(2)21-15(3)19(13)23-20(26)22-17-10-18(25)24(12-17)11-16-7-5-4-6-8-16/h4-9,17H,10-12H2,1-3H3,(H2,22,23,26)/t17-/m1/s1. The fourth-order valence-corrected chi connectivity index (χ4v) is 3.37. The first-order valence-electron chi connectivity index (χ1n) is 8.76. The first-order chi connectivity index (χ1) is 12.4. The molecule has 1 aromatic carbocycles. The van der Waals surface area contributed by atoms with Gasteiger partial charge >= 0.3 is 6.03 Å². The Kier molecular flexibility index (Phi) is 5.21. The van der Waals surface area contributed by atoms with Crippen molar-refractivity contribution in [3.8, 4) is 0 Å². The average Bonchev–Trinajstić information content (AvgIpc) is 2.91. The Hall–Kier alpha value is -2.89. The van der Waals surface area contributed by atoms with E-state index >= 15 is 0 Å². The summed E-state index contributed by atoms with van der Waals surface area (Å²) in [5, 5.41) is 5.77. The number of carbonyl (C=O) groups is 2. The Balaban J connectivity index is 1.58. The van der Waals surface area contributed by atoms with Gasteiger partial charge in [-0.3, -0.25) is 9.78 Å². The molecule has 136 valence electrons. The van der Waals surface area contributed by atoms with Gasteiger partial charge < -0.3 is 15.5 Å². The maximum Gasteiger partial charge on any atom is 0.319 e. The van der Waals surface area contributed by atoms with Gasteiger partial charge in [-0.2, -0.15) is 0 Å². The van der Waals surface area contributed by atoms with E-state index in [9.17, 15) is 9.59 Å². The summed E-state index contributed by atoms with van der Waals surface area (Å²) in [6, 6.07) is 11.3. The molecule has 1 aromatic heterocycles. The van der Waals surface area contributed by atoms with Gasteiger partial charge in [0.15, 0.2) is 0 Å². The van der Waals surface area contributed by atoms with Crippen molar-refractivity contribution in [1.82, 2.24) is 15.2 Å². The van der Waals surface area contributed by atoms with Crippen molar-refractivity contribution in [1.29, 1.82) is 0 Å². The van der Waals surface area contributed by atoms with E-state index in [-0.39, 0.29) is 18.0 Å². The highest BCUT2D eigenvalue weighted by molar-refractivity contribution is 5.91. The highest BCUT2D eigenvalue weighted by Gasteiger charge is 2.30. The SMILES string of the molecule is Cc1cc(C)c(NC(=O)N[C@@H]2CC(=O)N(Cc3ccccc3)C2)c(C)n1. The summed E-state index contributed by atoms with van der Waals surface area (Å²) >= 11 is 0. The summed E-state index contributed by atoms with van der Waals surface area (Å²) in [6.07, 6.45) is 0.324. The lowest BCUT2D eigenvalue weighted by Crippen LogP contribution is -2.39. The van der Waals surface area contributed by atoms with Crippen molar-refractivity contribution < 1.29 is 9.59 Å². The summed E-state index contributed by atoms with van der Waals surface area (Å²) in [5.74, 6) is 0.0588. The molecule has 1 aliphatic rings. The van der Waals surface area contributed by atoms with Crippen LogP contribution in [0.15, 0.2) is 36.4 Å². The van der Waals surface area contributed by atoms with Gasteiger partial charge in [-0.15, -0.1) is 0 Å². The lowest BCUT2D eigenvalue weighted by molar-refractivity contribution is -0.128. The molecule has 2 heterocycles. The van der Waals surface area contributed by atoms with Crippen LogP contribution in [0.1, 0.15) is 28.9 Å². The molecule has 26 heavy (non-hydrogen) atoms. The van der Waals surface area contributed by atoms with Gasteiger partial charge in [-0.1, -0.05) is 30.3 Å². The van der Waals surface area contributed by atoms with Crippen molar-refractivity contribution in [2.75, 3.05) is 11.9 Å². The maximum absolute atomic E-state index is 12.3. The lowest BCUT2D eigenvalue weighted by Gasteiger charge is -2.18. The van der Waals surface area contributed by atoms with Crippen LogP contribution in [0.3, 0.4) is 0 Å². The lowest BCUT2D eigenvalue weighted by atomic mass is 10.1. The van der Waals surface area contributed by atoms with Crippen LogP contribution < -0.4 is 10.6 Å². The molecule has 0 unspecified atom stereocenters. The number of aromatic nitrogens is 1. The number of likely N-dealkylation sites (tertiary alicyclic amines) is 1. The summed E-state index contributed by atoms with van der Waals surface area (Å²) in [5.41, 5.74) is 4.48. The zero-order valence-corrected chi connectivity index (χ0v) is 15.4. The normalized spacial score (nSPS) is 16.7. The summed E-state index contributed by atoms with van der Waals surface area (Å²) < 4.78 is 0. The van der Waals surface area contributed by atoms with Crippen LogP contribution in [0.2, 0.25) is 0 Å². The number of carbonyl (C=O) groups excluding carboxylic acids is 2. The summed E-state index contributed by atoms with van der Waals surface area (Å²) in [6.45, 7) is 6.83. The van der Waals surface area contributed by atoms with Crippen molar-refractivity contribution in [3.63, 3.8) is 0 Å². The molecule has 1 aliphatic heterocycles. The first kappa shape index (κ1) is 17.9.